The standard InChI is InChI=1S/C15H10N4O2/c16-9-10-4-3-5-11(8-10)17-14-13(15(20)21)19-7-2-1-6-12(19)18-14/h1-8,17H,(H,20,21). The summed E-state index contributed by atoms with van der Waals surface area (Å²) in [4.78, 5) is 15.7. The summed E-state index contributed by atoms with van der Waals surface area (Å²) in [5.74, 6) is -0.837. The van der Waals surface area contributed by atoms with Crippen LogP contribution >= 0.6 is 0 Å². The first-order chi connectivity index (χ1) is 10.2. The molecule has 0 spiro atoms. The van der Waals surface area contributed by atoms with E-state index in [1.165, 1.54) is 4.40 Å². The summed E-state index contributed by atoms with van der Waals surface area (Å²) in [6.07, 6.45) is 1.64. The Kier molecular flexibility index (Phi) is 3.01. The van der Waals surface area contributed by atoms with Crippen LogP contribution in [0.4, 0.5) is 11.5 Å². The molecule has 0 aliphatic rings. The lowest BCUT2D eigenvalue weighted by atomic mass is 10.2. The predicted octanol–water partition coefficient (Wildman–Crippen LogP) is 2.65. The Morgan fingerprint density at radius 3 is 2.90 bits per heavy atom. The first-order valence-electron chi connectivity index (χ1n) is 6.16. The second-order valence-electron chi connectivity index (χ2n) is 4.36. The molecule has 102 valence electrons. The molecule has 2 heterocycles. The summed E-state index contributed by atoms with van der Waals surface area (Å²) in [6, 6.07) is 14.1. The van der Waals surface area contributed by atoms with Crippen LogP contribution in [-0.2, 0) is 0 Å². The topological polar surface area (TPSA) is 90.4 Å². The molecule has 0 bridgehead atoms. The maximum atomic E-state index is 11.5. The number of fused-ring (bicyclic) bond motifs is 1. The summed E-state index contributed by atoms with van der Waals surface area (Å²) in [6.45, 7) is 0. The van der Waals surface area contributed by atoms with Gasteiger partial charge in [0.2, 0.25) is 0 Å². The van der Waals surface area contributed by atoms with Gasteiger partial charge in [0.25, 0.3) is 0 Å². The molecule has 3 rings (SSSR count). The van der Waals surface area contributed by atoms with Gasteiger partial charge in [0.15, 0.2) is 11.5 Å². The van der Waals surface area contributed by atoms with Gasteiger partial charge in [0.05, 0.1) is 11.6 Å². The SMILES string of the molecule is N#Cc1cccc(Nc2nc3ccccn3c2C(=O)O)c1. The highest BCUT2D eigenvalue weighted by molar-refractivity contribution is 5.93. The van der Waals surface area contributed by atoms with Gasteiger partial charge in [-0.1, -0.05) is 12.1 Å². The van der Waals surface area contributed by atoms with Crippen LogP contribution in [-0.4, -0.2) is 20.5 Å². The number of aromatic carboxylic acids is 1. The van der Waals surface area contributed by atoms with Crippen LogP contribution < -0.4 is 5.32 Å². The van der Waals surface area contributed by atoms with E-state index in [-0.39, 0.29) is 11.5 Å². The molecule has 1 aromatic carbocycles. The minimum Gasteiger partial charge on any atom is -0.476 e. The van der Waals surface area contributed by atoms with Gasteiger partial charge in [-0.15, -0.1) is 0 Å². The van der Waals surface area contributed by atoms with Crippen molar-refractivity contribution in [2.24, 2.45) is 0 Å². The highest BCUT2D eigenvalue weighted by atomic mass is 16.4. The molecular weight excluding hydrogens is 268 g/mol. The molecule has 0 fully saturated rings. The monoisotopic (exact) mass is 278 g/mol. The average molecular weight is 278 g/mol. The van der Waals surface area contributed by atoms with Gasteiger partial charge in [-0.05, 0) is 30.3 Å². The molecule has 3 aromatic rings. The van der Waals surface area contributed by atoms with Gasteiger partial charge in [-0.25, -0.2) is 9.78 Å². The number of hydrogen-bond donors (Lipinski definition) is 2. The second kappa shape index (κ2) is 4.98. The van der Waals surface area contributed by atoms with E-state index in [4.69, 9.17) is 5.26 Å². The molecule has 2 N–H and O–H groups in total. The minimum atomic E-state index is -1.08. The molecule has 0 unspecified atom stereocenters. The summed E-state index contributed by atoms with van der Waals surface area (Å²) in [7, 11) is 0. The van der Waals surface area contributed by atoms with Crippen LogP contribution in [0.15, 0.2) is 48.7 Å². The summed E-state index contributed by atoms with van der Waals surface area (Å²) in [5.41, 5.74) is 1.68. The molecule has 0 aliphatic heterocycles. The molecule has 6 nitrogen and oxygen atoms in total. The van der Waals surface area contributed by atoms with Crippen LogP contribution in [0.5, 0.6) is 0 Å². The van der Waals surface area contributed by atoms with Gasteiger partial charge in [-0.2, -0.15) is 5.26 Å². The smallest absolute Gasteiger partial charge is 0.356 e. The predicted molar refractivity (Wildman–Crippen MR) is 76.6 cm³/mol. The van der Waals surface area contributed by atoms with Gasteiger partial charge < -0.3 is 10.4 Å². The fraction of sp³-hybridized carbons (Fsp3) is 0. The van der Waals surface area contributed by atoms with E-state index in [9.17, 15) is 9.90 Å². The number of nitriles is 1. The number of aromatic nitrogens is 2. The number of pyridine rings is 1. The number of hydrogen-bond acceptors (Lipinski definition) is 4. The Bertz CT molecular complexity index is 877. The molecule has 0 atom stereocenters. The molecule has 0 amide bonds. The van der Waals surface area contributed by atoms with E-state index in [0.717, 1.165) is 0 Å². The van der Waals surface area contributed by atoms with Crippen molar-refractivity contribution in [3.8, 4) is 6.07 Å². The number of benzene rings is 1. The molecule has 6 heteroatoms. The van der Waals surface area contributed by atoms with Crippen molar-refractivity contribution in [3.63, 3.8) is 0 Å². The molecule has 2 aromatic heterocycles. The van der Waals surface area contributed by atoms with E-state index < -0.39 is 5.97 Å². The fourth-order valence-electron chi connectivity index (χ4n) is 2.09. The van der Waals surface area contributed by atoms with Crippen molar-refractivity contribution < 1.29 is 9.90 Å². The second-order valence-corrected chi connectivity index (χ2v) is 4.36. The average Bonchev–Trinajstić information content (AvgIpc) is 2.85. The number of imidazole rings is 1. The number of carbonyl (C=O) groups is 1. The first kappa shape index (κ1) is 12.7. The van der Waals surface area contributed by atoms with Crippen molar-refractivity contribution in [1.82, 2.24) is 9.38 Å². The van der Waals surface area contributed by atoms with Crippen LogP contribution in [0.2, 0.25) is 0 Å². The number of nitrogens with one attached hydrogen (secondary N) is 1. The molecule has 0 saturated carbocycles. The minimum absolute atomic E-state index is 0.0490. The van der Waals surface area contributed by atoms with Crippen molar-refractivity contribution in [1.29, 1.82) is 5.26 Å². The van der Waals surface area contributed by atoms with Crippen molar-refractivity contribution in [2.75, 3.05) is 5.32 Å². The van der Waals surface area contributed by atoms with Crippen molar-refractivity contribution in [3.05, 3.63) is 59.9 Å². The van der Waals surface area contributed by atoms with Gasteiger partial charge >= 0.3 is 5.97 Å². The number of anilines is 2. The quantitative estimate of drug-likeness (QED) is 0.768. The lowest BCUT2D eigenvalue weighted by Gasteiger charge is -2.04. The van der Waals surface area contributed by atoms with Crippen LogP contribution in [0.25, 0.3) is 5.65 Å². The summed E-state index contributed by atoms with van der Waals surface area (Å²) in [5, 5.41) is 21.2. The van der Waals surface area contributed by atoms with E-state index in [1.54, 1.807) is 48.7 Å². The van der Waals surface area contributed by atoms with Crippen LogP contribution in [0.3, 0.4) is 0 Å². The Hall–Kier alpha value is -3.33. The third-order valence-corrected chi connectivity index (χ3v) is 2.99. The maximum absolute atomic E-state index is 11.5. The Morgan fingerprint density at radius 1 is 1.29 bits per heavy atom. The first-order valence-corrected chi connectivity index (χ1v) is 6.16. The number of carboxylic acids is 1. The molecule has 21 heavy (non-hydrogen) atoms. The van der Waals surface area contributed by atoms with Crippen LogP contribution in [0.1, 0.15) is 16.1 Å². The summed E-state index contributed by atoms with van der Waals surface area (Å²) >= 11 is 0. The number of nitrogens with zero attached hydrogens (tertiary/aromatic N) is 3. The normalized spacial score (nSPS) is 10.2. The third kappa shape index (κ3) is 2.28. The Balaban J connectivity index is 2.10. The van der Waals surface area contributed by atoms with Crippen molar-refractivity contribution in [2.45, 2.75) is 0 Å². The van der Waals surface area contributed by atoms with E-state index >= 15 is 0 Å². The highest BCUT2D eigenvalue weighted by Crippen LogP contribution is 2.22. The zero-order chi connectivity index (χ0) is 14.8. The molecule has 0 aliphatic carbocycles. The maximum Gasteiger partial charge on any atom is 0.356 e. The molecular formula is C15H10N4O2. The van der Waals surface area contributed by atoms with E-state index in [0.29, 0.717) is 16.9 Å². The highest BCUT2D eigenvalue weighted by Gasteiger charge is 2.18. The molecule has 0 radical (unpaired) electrons. The number of carboxylic acid groups (broad SMARTS) is 1. The lowest BCUT2D eigenvalue weighted by Crippen LogP contribution is -2.05. The van der Waals surface area contributed by atoms with Crippen LogP contribution in [0, 0.1) is 11.3 Å². The third-order valence-electron chi connectivity index (χ3n) is 2.99. The lowest BCUT2D eigenvalue weighted by molar-refractivity contribution is 0.0690. The fourth-order valence-corrected chi connectivity index (χ4v) is 2.09. The largest absolute Gasteiger partial charge is 0.476 e. The van der Waals surface area contributed by atoms with Gasteiger partial charge in [0.1, 0.15) is 5.65 Å². The van der Waals surface area contributed by atoms with Gasteiger partial charge in [0, 0.05) is 11.9 Å². The zero-order valence-electron chi connectivity index (χ0n) is 10.8. The molecule has 0 saturated heterocycles. The van der Waals surface area contributed by atoms with E-state index in [1.807, 2.05) is 6.07 Å². The summed E-state index contributed by atoms with van der Waals surface area (Å²) < 4.78 is 1.50. The Morgan fingerprint density at radius 2 is 2.14 bits per heavy atom. The Labute approximate surface area is 119 Å². The van der Waals surface area contributed by atoms with Gasteiger partial charge in [-0.3, -0.25) is 4.40 Å². The van der Waals surface area contributed by atoms with Crippen molar-refractivity contribution >= 4 is 23.1 Å². The van der Waals surface area contributed by atoms with E-state index in [2.05, 4.69) is 10.3 Å². The zero-order valence-corrected chi connectivity index (χ0v) is 10.8. The number of rotatable bonds is 3.